The van der Waals surface area contributed by atoms with Crippen molar-refractivity contribution in [2.45, 2.75) is 70.3 Å². The smallest absolute Gasteiger partial charge is 0.237 e. The summed E-state index contributed by atoms with van der Waals surface area (Å²) in [6.45, 7) is 5.23. The lowest BCUT2D eigenvalue weighted by Crippen LogP contribution is -2.53. The highest BCUT2D eigenvalue weighted by Crippen LogP contribution is 2.35. The molecule has 0 aromatic carbocycles. The highest BCUT2D eigenvalue weighted by atomic mass is 16.2. The van der Waals surface area contributed by atoms with E-state index >= 15 is 0 Å². The van der Waals surface area contributed by atoms with Crippen LogP contribution in [0.2, 0.25) is 0 Å². The van der Waals surface area contributed by atoms with Crippen LogP contribution in [0.15, 0.2) is 0 Å². The molecule has 4 rings (SSSR count). The zero-order chi connectivity index (χ0) is 17.9. The molecule has 0 aromatic heterocycles. The highest BCUT2D eigenvalue weighted by molar-refractivity contribution is 5.80. The Hall–Kier alpha value is -1.10. The van der Waals surface area contributed by atoms with Crippen molar-refractivity contribution in [3.8, 4) is 0 Å². The topological polar surface area (TPSA) is 43.9 Å². The van der Waals surface area contributed by atoms with Gasteiger partial charge in [-0.2, -0.15) is 0 Å². The predicted octanol–water partition coefficient (Wildman–Crippen LogP) is 2.50. The third-order valence-corrected chi connectivity index (χ3v) is 7.28. The van der Waals surface area contributed by atoms with Crippen LogP contribution in [0.3, 0.4) is 0 Å². The van der Waals surface area contributed by atoms with Gasteiger partial charge in [0.1, 0.15) is 0 Å². The molecule has 0 spiro atoms. The summed E-state index contributed by atoms with van der Waals surface area (Å²) in [6.07, 6.45) is 11.8. The molecule has 4 aliphatic rings. The number of likely N-dealkylation sites (tertiary alicyclic amines) is 3. The van der Waals surface area contributed by atoms with E-state index in [2.05, 4.69) is 14.7 Å². The first-order valence-corrected chi connectivity index (χ1v) is 11.0. The molecule has 3 heterocycles. The molecule has 4 fully saturated rings. The van der Waals surface area contributed by atoms with Crippen molar-refractivity contribution < 1.29 is 9.59 Å². The van der Waals surface area contributed by atoms with E-state index in [1.165, 1.54) is 38.5 Å². The van der Waals surface area contributed by atoms with Crippen LogP contribution >= 0.6 is 0 Å². The summed E-state index contributed by atoms with van der Waals surface area (Å²) in [5.74, 6) is 1.66. The normalized spacial score (nSPS) is 31.1. The van der Waals surface area contributed by atoms with E-state index in [0.29, 0.717) is 24.4 Å². The van der Waals surface area contributed by atoms with E-state index in [1.807, 2.05) is 0 Å². The highest BCUT2D eigenvalue weighted by Gasteiger charge is 2.36. The molecule has 0 N–H and O–H groups in total. The van der Waals surface area contributed by atoms with Gasteiger partial charge in [-0.25, -0.2) is 0 Å². The molecule has 2 atom stereocenters. The summed E-state index contributed by atoms with van der Waals surface area (Å²) < 4.78 is 0. The summed E-state index contributed by atoms with van der Waals surface area (Å²) in [6, 6.07) is 0.513. The Morgan fingerprint density at radius 2 is 1.42 bits per heavy atom. The Morgan fingerprint density at radius 1 is 0.731 bits per heavy atom. The first kappa shape index (κ1) is 18.3. The largest absolute Gasteiger partial charge is 0.342 e. The molecule has 1 saturated carbocycles. The molecule has 3 aliphatic heterocycles. The maximum atomic E-state index is 13.0. The minimum absolute atomic E-state index is 0.192. The van der Waals surface area contributed by atoms with Crippen molar-refractivity contribution in [3.05, 3.63) is 0 Å². The van der Waals surface area contributed by atoms with Gasteiger partial charge in [-0.3, -0.25) is 14.5 Å². The molecule has 3 saturated heterocycles. The van der Waals surface area contributed by atoms with Gasteiger partial charge >= 0.3 is 0 Å². The summed E-state index contributed by atoms with van der Waals surface area (Å²) in [5, 5.41) is 0. The third-order valence-electron chi connectivity index (χ3n) is 7.28. The summed E-state index contributed by atoms with van der Waals surface area (Å²) in [7, 11) is 0. The molecule has 0 aromatic rings. The quantitative estimate of drug-likeness (QED) is 0.776. The predicted molar refractivity (Wildman–Crippen MR) is 102 cm³/mol. The summed E-state index contributed by atoms with van der Waals surface area (Å²) >= 11 is 0. The maximum absolute atomic E-state index is 13.0. The SMILES string of the molecule is O=C(C1CCN(CC(=O)N2CCCC3CCCCC32)CC1)N1CCCC1. The van der Waals surface area contributed by atoms with Crippen molar-refractivity contribution in [2.75, 3.05) is 39.3 Å². The number of carbonyl (C=O) groups is 2. The van der Waals surface area contributed by atoms with Crippen molar-refractivity contribution in [1.82, 2.24) is 14.7 Å². The number of fused-ring (bicyclic) bond motifs is 1. The van der Waals surface area contributed by atoms with Crippen LogP contribution in [0.25, 0.3) is 0 Å². The molecule has 5 heteroatoms. The lowest BCUT2D eigenvalue weighted by molar-refractivity contribution is -0.139. The fourth-order valence-electron chi connectivity index (χ4n) is 5.75. The Labute approximate surface area is 158 Å². The van der Waals surface area contributed by atoms with Gasteiger partial charge < -0.3 is 9.80 Å². The number of piperidine rings is 2. The van der Waals surface area contributed by atoms with Crippen LogP contribution in [0.4, 0.5) is 0 Å². The van der Waals surface area contributed by atoms with Crippen molar-refractivity contribution in [1.29, 1.82) is 0 Å². The molecule has 1 aliphatic carbocycles. The fraction of sp³-hybridized carbons (Fsp3) is 0.905. The minimum atomic E-state index is 0.192. The molecule has 0 radical (unpaired) electrons. The van der Waals surface area contributed by atoms with Gasteiger partial charge in [-0.15, -0.1) is 0 Å². The van der Waals surface area contributed by atoms with E-state index in [0.717, 1.165) is 64.3 Å². The van der Waals surface area contributed by atoms with E-state index in [1.54, 1.807) is 0 Å². The summed E-state index contributed by atoms with van der Waals surface area (Å²) in [4.78, 5) is 32.1. The van der Waals surface area contributed by atoms with Crippen LogP contribution in [0.5, 0.6) is 0 Å². The average molecular weight is 362 g/mol. The van der Waals surface area contributed by atoms with E-state index in [9.17, 15) is 9.59 Å². The zero-order valence-electron chi connectivity index (χ0n) is 16.2. The molecular formula is C21H35N3O2. The van der Waals surface area contributed by atoms with Gasteiger partial charge in [0.2, 0.25) is 11.8 Å². The van der Waals surface area contributed by atoms with Crippen molar-refractivity contribution >= 4 is 11.8 Å². The van der Waals surface area contributed by atoms with Gasteiger partial charge in [0.25, 0.3) is 0 Å². The Bertz CT molecular complexity index is 507. The van der Waals surface area contributed by atoms with Crippen LogP contribution in [0.1, 0.15) is 64.2 Å². The van der Waals surface area contributed by atoms with E-state index in [-0.39, 0.29) is 5.92 Å². The first-order valence-electron chi connectivity index (χ1n) is 11.0. The molecule has 26 heavy (non-hydrogen) atoms. The van der Waals surface area contributed by atoms with Crippen molar-refractivity contribution in [2.24, 2.45) is 11.8 Å². The number of nitrogens with zero attached hydrogens (tertiary/aromatic N) is 3. The Balaban J connectivity index is 1.26. The monoisotopic (exact) mass is 361 g/mol. The van der Waals surface area contributed by atoms with Gasteiger partial charge in [0.15, 0.2) is 0 Å². The molecule has 2 unspecified atom stereocenters. The Morgan fingerprint density at radius 3 is 2.19 bits per heavy atom. The number of hydrogen-bond acceptors (Lipinski definition) is 3. The van der Waals surface area contributed by atoms with Crippen LogP contribution in [-0.4, -0.2) is 71.8 Å². The third kappa shape index (κ3) is 3.92. The molecule has 2 amide bonds. The second-order valence-corrected chi connectivity index (χ2v) is 8.92. The van der Waals surface area contributed by atoms with Gasteiger partial charge in [-0.1, -0.05) is 12.8 Å². The molecule has 0 bridgehead atoms. The molecule has 5 nitrogen and oxygen atoms in total. The average Bonchev–Trinajstić information content (AvgIpc) is 3.22. The maximum Gasteiger partial charge on any atom is 0.237 e. The van der Waals surface area contributed by atoms with E-state index < -0.39 is 0 Å². The second kappa shape index (κ2) is 8.28. The van der Waals surface area contributed by atoms with E-state index in [4.69, 9.17) is 0 Å². The van der Waals surface area contributed by atoms with Gasteiger partial charge in [0, 0.05) is 31.6 Å². The number of rotatable bonds is 3. The second-order valence-electron chi connectivity index (χ2n) is 8.92. The van der Waals surface area contributed by atoms with Gasteiger partial charge in [0.05, 0.1) is 6.54 Å². The number of amides is 2. The summed E-state index contributed by atoms with van der Waals surface area (Å²) in [5.41, 5.74) is 0. The van der Waals surface area contributed by atoms with Crippen LogP contribution in [-0.2, 0) is 9.59 Å². The fourth-order valence-corrected chi connectivity index (χ4v) is 5.75. The number of carbonyl (C=O) groups excluding carboxylic acids is 2. The lowest BCUT2D eigenvalue weighted by Gasteiger charge is -2.45. The molecular weight excluding hydrogens is 326 g/mol. The lowest BCUT2D eigenvalue weighted by atomic mass is 9.78. The van der Waals surface area contributed by atoms with Crippen LogP contribution < -0.4 is 0 Å². The number of hydrogen-bond donors (Lipinski definition) is 0. The minimum Gasteiger partial charge on any atom is -0.342 e. The Kier molecular flexibility index (Phi) is 5.82. The van der Waals surface area contributed by atoms with Crippen LogP contribution in [0, 0.1) is 11.8 Å². The molecule has 146 valence electrons. The zero-order valence-corrected chi connectivity index (χ0v) is 16.2. The van der Waals surface area contributed by atoms with Crippen molar-refractivity contribution in [3.63, 3.8) is 0 Å². The standard InChI is InChI=1S/C21H35N3O2/c25-20(24-13-5-7-17-6-1-2-8-19(17)24)16-22-14-9-18(10-15-22)21(26)23-11-3-4-12-23/h17-19H,1-16H2. The van der Waals surface area contributed by atoms with Gasteiger partial charge in [-0.05, 0) is 70.4 Å². The first-order chi connectivity index (χ1) is 12.7.